The normalized spacial score (nSPS) is 15.2. The van der Waals surface area contributed by atoms with Gasteiger partial charge in [-0.15, -0.1) is 0 Å². The Morgan fingerprint density at radius 2 is 2.03 bits per heavy atom. The molecular formula is C19H22F3N5O2. The van der Waals surface area contributed by atoms with Gasteiger partial charge in [-0.05, 0) is 49.4 Å². The average Bonchev–Trinajstić information content (AvgIpc) is 2.68. The van der Waals surface area contributed by atoms with Crippen LogP contribution in [0.2, 0.25) is 0 Å². The first kappa shape index (κ1) is 20.8. The first-order valence-corrected chi connectivity index (χ1v) is 9.17. The number of aryl methyl sites for hydroxylation is 1. The molecule has 4 N–H and O–H groups in total. The zero-order chi connectivity index (χ0) is 21.0. The van der Waals surface area contributed by atoms with Crippen LogP contribution in [0.4, 0.5) is 30.5 Å². The summed E-state index contributed by atoms with van der Waals surface area (Å²) in [5.74, 6) is -0.928. The molecule has 156 valence electrons. The highest BCUT2D eigenvalue weighted by Gasteiger charge is 2.38. The minimum atomic E-state index is -4.80. The Morgan fingerprint density at radius 3 is 2.69 bits per heavy atom. The number of nitrogen functional groups attached to an aromatic ring is 1. The zero-order valence-corrected chi connectivity index (χ0v) is 15.8. The van der Waals surface area contributed by atoms with Gasteiger partial charge < -0.3 is 21.1 Å². The van der Waals surface area contributed by atoms with E-state index < -0.39 is 23.3 Å². The molecule has 0 aliphatic carbocycles. The summed E-state index contributed by atoms with van der Waals surface area (Å²) in [5.41, 5.74) is 5.56. The molecule has 1 aromatic carbocycles. The van der Waals surface area contributed by atoms with Crippen LogP contribution >= 0.6 is 0 Å². The number of ether oxygens (including phenoxy) is 1. The second-order valence-electron chi connectivity index (χ2n) is 6.92. The second kappa shape index (κ2) is 8.64. The molecule has 2 aromatic rings. The molecule has 0 radical (unpaired) electrons. The molecule has 3 rings (SSSR count). The van der Waals surface area contributed by atoms with E-state index in [1.165, 1.54) is 0 Å². The summed E-state index contributed by atoms with van der Waals surface area (Å²) < 4.78 is 45.8. The van der Waals surface area contributed by atoms with Crippen LogP contribution < -0.4 is 16.4 Å². The van der Waals surface area contributed by atoms with E-state index in [4.69, 9.17) is 10.5 Å². The molecule has 1 aliphatic rings. The molecule has 1 saturated heterocycles. The first-order chi connectivity index (χ1) is 13.7. The molecule has 1 fully saturated rings. The van der Waals surface area contributed by atoms with E-state index in [2.05, 4.69) is 20.6 Å². The largest absolute Gasteiger partial charge is 0.434 e. The van der Waals surface area contributed by atoms with E-state index in [9.17, 15) is 18.0 Å². The molecule has 29 heavy (non-hydrogen) atoms. The number of carbonyl (C=O) groups excluding carboxylic acids is 1. The van der Waals surface area contributed by atoms with Gasteiger partial charge in [-0.1, -0.05) is 0 Å². The number of benzene rings is 1. The van der Waals surface area contributed by atoms with Crippen molar-refractivity contribution in [2.75, 3.05) is 30.8 Å². The van der Waals surface area contributed by atoms with Crippen molar-refractivity contribution >= 4 is 23.2 Å². The summed E-state index contributed by atoms with van der Waals surface area (Å²) in [6.45, 7) is 3.20. The fourth-order valence-corrected chi connectivity index (χ4v) is 3.05. The highest BCUT2D eigenvalue weighted by Crippen LogP contribution is 2.31. The lowest BCUT2D eigenvalue weighted by atomic mass is 10.0. The van der Waals surface area contributed by atoms with E-state index in [-0.39, 0.29) is 18.4 Å². The Morgan fingerprint density at radius 1 is 1.31 bits per heavy atom. The molecule has 0 bridgehead atoms. The van der Waals surface area contributed by atoms with Crippen molar-refractivity contribution in [3.05, 3.63) is 41.2 Å². The van der Waals surface area contributed by atoms with Gasteiger partial charge in [-0.2, -0.15) is 13.2 Å². The predicted octanol–water partition coefficient (Wildman–Crippen LogP) is 3.29. The quantitative estimate of drug-likeness (QED) is 0.655. The number of aromatic nitrogens is 2. The molecule has 0 unspecified atom stereocenters. The number of nitrogens with zero attached hydrogens (tertiary/aromatic N) is 2. The maximum absolute atomic E-state index is 13.5. The number of hydrogen-bond donors (Lipinski definition) is 3. The Kier molecular flexibility index (Phi) is 6.21. The molecule has 1 amide bonds. The van der Waals surface area contributed by atoms with Crippen LogP contribution in [0.3, 0.4) is 0 Å². The molecule has 2 heterocycles. The van der Waals surface area contributed by atoms with Crippen molar-refractivity contribution in [3.63, 3.8) is 0 Å². The molecule has 7 nitrogen and oxygen atoms in total. The van der Waals surface area contributed by atoms with E-state index in [0.717, 1.165) is 24.6 Å². The van der Waals surface area contributed by atoms with E-state index in [0.29, 0.717) is 24.6 Å². The average molecular weight is 409 g/mol. The number of rotatable bonds is 5. The van der Waals surface area contributed by atoms with Crippen LogP contribution in [0.25, 0.3) is 0 Å². The second-order valence-corrected chi connectivity index (χ2v) is 6.92. The fourth-order valence-electron chi connectivity index (χ4n) is 3.05. The lowest BCUT2D eigenvalue weighted by Crippen LogP contribution is -2.33. The predicted molar refractivity (Wildman–Crippen MR) is 102 cm³/mol. The minimum Gasteiger partial charge on any atom is -0.399 e. The van der Waals surface area contributed by atoms with Crippen molar-refractivity contribution in [2.45, 2.75) is 25.9 Å². The van der Waals surface area contributed by atoms with Crippen molar-refractivity contribution < 1.29 is 22.7 Å². The number of nitrogens with one attached hydrogen (secondary N) is 2. The van der Waals surface area contributed by atoms with Gasteiger partial charge >= 0.3 is 6.18 Å². The van der Waals surface area contributed by atoms with Gasteiger partial charge in [0.1, 0.15) is 0 Å². The monoisotopic (exact) mass is 409 g/mol. The maximum Gasteiger partial charge on any atom is 0.434 e. The lowest BCUT2D eigenvalue weighted by Gasteiger charge is -2.22. The van der Waals surface area contributed by atoms with Crippen LogP contribution in [0, 0.1) is 12.8 Å². The summed E-state index contributed by atoms with van der Waals surface area (Å²) in [5, 5.41) is 5.30. The summed E-state index contributed by atoms with van der Waals surface area (Å²) in [6.07, 6.45) is -2.40. The Bertz CT molecular complexity index is 883. The number of hydrogen-bond acceptors (Lipinski definition) is 6. The Hall–Kier alpha value is -2.88. The van der Waals surface area contributed by atoms with Gasteiger partial charge in [0.05, 0.1) is 5.56 Å². The number of alkyl halides is 3. The first-order valence-electron chi connectivity index (χ1n) is 9.17. The molecule has 1 aromatic heterocycles. The van der Waals surface area contributed by atoms with Crippen LogP contribution in [0.1, 0.15) is 34.5 Å². The van der Waals surface area contributed by atoms with E-state index >= 15 is 0 Å². The smallest absolute Gasteiger partial charge is 0.399 e. The fraction of sp³-hybridized carbons (Fsp3) is 0.421. The van der Waals surface area contributed by atoms with E-state index in [1.54, 1.807) is 25.1 Å². The third kappa shape index (κ3) is 5.35. The van der Waals surface area contributed by atoms with Gasteiger partial charge in [-0.25, -0.2) is 9.97 Å². The number of nitrogens with two attached hydrogens (primary N) is 1. The highest BCUT2D eigenvalue weighted by molar-refractivity contribution is 5.95. The topological polar surface area (TPSA) is 102 Å². The minimum absolute atomic E-state index is 0.178. The highest BCUT2D eigenvalue weighted by atomic mass is 19.4. The van der Waals surface area contributed by atoms with Gasteiger partial charge in [0.2, 0.25) is 5.95 Å². The molecule has 1 aliphatic heterocycles. The summed E-state index contributed by atoms with van der Waals surface area (Å²) in [4.78, 5) is 19.8. The van der Waals surface area contributed by atoms with Crippen LogP contribution in [0.5, 0.6) is 0 Å². The van der Waals surface area contributed by atoms with Gasteiger partial charge in [0.15, 0.2) is 5.69 Å². The van der Waals surface area contributed by atoms with Crippen LogP contribution in [-0.4, -0.2) is 35.6 Å². The lowest BCUT2D eigenvalue weighted by molar-refractivity contribution is -0.141. The number of anilines is 3. The Labute approximate surface area is 165 Å². The molecular weight excluding hydrogens is 387 g/mol. The summed E-state index contributed by atoms with van der Waals surface area (Å²) in [6, 6.07) is 4.90. The van der Waals surface area contributed by atoms with E-state index in [1.807, 2.05) is 0 Å². The summed E-state index contributed by atoms with van der Waals surface area (Å²) >= 11 is 0. The molecule has 0 spiro atoms. The van der Waals surface area contributed by atoms with Crippen molar-refractivity contribution in [1.82, 2.24) is 15.3 Å². The third-order valence-corrected chi connectivity index (χ3v) is 4.69. The van der Waals surface area contributed by atoms with Crippen molar-refractivity contribution in [2.24, 2.45) is 5.92 Å². The number of carbonyl (C=O) groups is 1. The van der Waals surface area contributed by atoms with Crippen molar-refractivity contribution in [3.8, 4) is 0 Å². The summed E-state index contributed by atoms with van der Waals surface area (Å²) in [7, 11) is 0. The van der Waals surface area contributed by atoms with Gasteiger partial charge in [0, 0.05) is 37.3 Å². The van der Waals surface area contributed by atoms with Crippen LogP contribution in [-0.2, 0) is 10.9 Å². The molecule has 10 heteroatoms. The van der Waals surface area contributed by atoms with Gasteiger partial charge in [-0.3, -0.25) is 4.79 Å². The third-order valence-electron chi connectivity index (χ3n) is 4.69. The molecule has 0 atom stereocenters. The van der Waals surface area contributed by atoms with Crippen LogP contribution in [0.15, 0.2) is 24.4 Å². The van der Waals surface area contributed by atoms with Gasteiger partial charge in [0.25, 0.3) is 5.91 Å². The maximum atomic E-state index is 13.5. The zero-order valence-electron chi connectivity index (χ0n) is 15.8. The standard InChI is InChI=1S/C19H22F3N5O2/c1-11-8-13(23)2-3-15(11)26-18-25-10-14(16(27-18)19(20,21)22)17(28)24-9-12-4-6-29-7-5-12/h2-3,8,10,12H,4-7,9,23H2,1H3,(H,24,28)(H,25,26,27). The SMILES string of the molecule is Cc1cc(N)ccc1Nc1ncc(C(=O)NCC2CCOCC2)c(C(F)(F)F)n1. The number of amides is 1. The Balaban J connectivity index is 1.79. The molecule has 0 saturated carbocycles. The van der Waals surface area contributed by atoms with Crippen molar-refractivity contribution in [1.29, 1.82) is 0 Å². The number of halogens is 3.